The Hall–Kier alpha value is -3.43. The number of benzene rings is 1. The van der Waals surface area contributed by atoms with Crippen molar-refractivity contribution in [2.45, 2.75) is 58.0 Å². The summed E-state index contributed by atoms with van der Waals surface area (Å²) in [7, 11) is 1.90. The Morgan fingerprint density at radius 2 is 2.00 bits per heavy atom. The summed E-state index contributed by atoms with van der Waals surface area (Å²) < 4.78 is 1.91. The van der Waals surface area contributed by atoms with Crippen LogP contribution in [-0.2, 0) is 11.8 Å². The van der Waals surface area contributed by atoms with Crippen LogP contribution in [0.15, 0.2) is 30.3 Å². The molecule has 2 heterocycles. The smallest absolute Gasteiger partial charge is 0.268 e. The molecule has 3 atom stereocenters. The molecule has 0 aliphatic heterocycles. The lowest BCUT2D eigenvalue weighted by Gasteiger charge is -2.33. The van der Waals surface area contributed by atoms with Crippen LogP contribution in [0.1, 0.15) is 56.4 Å². The quantitative estimate of drug-likeness (QED) is 0.384. The molecule has 0 spiro atoms. The predicted molar refractivity (Wildman–Crippen MR) is 130 cm³/mol. The van der Waals surface area contributed by atoms with Crippen LogP contribution < -0.4 is 16.0 Å². The number of carbonyl (C=O) groups excluding carboxylic acids is 2. The number of fused-ring (bicyclic) bond motifs is 1. The van der Waals surface area contributed by atoms with E-state index in [1.807, 2.05) is 41.9 Å². The standard InChI is InChI=1S/C24H34N8O2/c1-15(2)12-17(14-25-24-28-30-31-29-24)26-22(33)18-9-5-6-10-19(18)27-23(34)21-13-16-8-4-7-11-20(16)32(21)3/h4,7-8,11,13,15,17-19H,5-6,9-10,12,14H2,1-3H3,(H,26,33)(H,27,34)(H2,25,28,29,30,31)/t17-,18+,19-/m0/s1. The van der Waals surface area contributed by atoms with E-state index in [0.29, 0.717) is 24.1 Å². The molecule has 0 radical (unpaired) electrons. The van der Waals surface area contributed by atoms with Crippen LogP contribution in [0.5, 0.6) is 0 Å². The molecule has 1 aliphatic rings. The molecule has 4 N–H and O–H groups in total. The normalized spacial score (nSPS) is 19.2. The zero-order valence-corrected chi connectivity index (χ0v) is 20.0. The van der Waals surface area contributed by atoms with Crippen LogP contribution in [-0.4, -0.2) is 55.6 Å². The highest BCUT2D eigenvalue weighted by molar-refractivity contribution is 5.99. The Kier molecular flexibility index (Phi) is 7.44. The van der Waals surface area contributed by atoms with E-state index in [4.69, 9.17) is 0 Å². The van der Waals surface area contributed by atoms with E-state index in [0.717, 1.165) is 43.0 Å². The number of para-hydroxylation sites is 1. The number of aryl methyl sites for hydroxylation is 1. The van der Waals surface area contributed by atoms with E-state index < -0.39 is 0 Å². The number of aromatic nitrogens is 5. The van der Waals surface area contributed by atoms with Crippen LogP contribution in [0.25, 0.3) is 10.9 Å². The SMILES string of the molecule is CC(C)C[C@@H](CNc1nn[nH]n1)NC(=O)[C@@H]1CCCC[C@@H]1NC(=O)c1cc2ccccc2n1C. The van der Waals surface area contributed by atoms with Crippen molar-refractivity contribution in [2.75, 3.05) is 11.9 Å². The molecule has 10 nitrogen and oxygen atoms in total. The second kappa shape index (κ2) is 10.7. The first-order chi connectivity index (χ1) is 16.4. The van der Waals surface area contributed by atoms with Crippen LogP contribution in [0, 0.1) is 11.8 Å². The molecule has 2 aromatic heterocycles. The summed E-state index contributed by atoms with van der Waals surface area (Å²) in [6.07, 6.45) is 4.35. The van der Waals surface area contributed by atoms with Crippen molar-refractivity contribution in [2.24, 2.45) is 18.9 Å². The van der Waals surface area contributed by atoms with Crippen LogP contribution >= 0.6 is 0 Å². The monoisotopic (exact) mass is 466 g/mol. The zero-order chi connectivity index (χ0) is 24.1. The van der Waals surface area contributed by atoms with Crippen molar-refractivity contribution in [3.63, 3.8) is 0 Å². The Bertz CT molecular complexity index is 1110. The van der Waals surface area contributed by atoms with E-state index >= 15 is 0 Å². The van der Waals surface area contributed by atoms with Crippen molar-refractivity contribution in [1.29, 1.82) is 0 Å². The van der Waals surface area contributed by atoms with Crippen molar-refractivity contribution in [3.8, 4) is 0 Å². The maximum Gasteiger partial charge on any atom is 0.268 e. The van der Waals surface area contributed by atoms with E-state index in [9.17, 15) is 9.59 Å². The minimum Gasteiger partial charge on any atom is -0.351 e. The Balaban J connectivity index is 1.42. The molecule has 1 saturated carbocycles. The second-order valence-corrected chi connectivity index (χ2v) is 9.57. The molecule has 1 fully saturated rings. The lowest BCUT2D eigenvalue weighted by Crippen LogP contribution is -2.51. The van der Waals surface area contributed by atoms with Gasteiger partial charge in [0.1, 0.15) is 5.69 Å². The highest BCUT2D eigenvalue weighted by atomic mass is 16.2. The molecule has 1 aliphatic carbocycles. The van der Waals surface area contributed by atoms with Gasteiger partial charge < -0.3 is 20.5 Å². The fraction of sp³-hybridized carbons (Fsp3) is 0.542. The van der Waals surface area contributed by atoms with Gasteiger partial charge in [-0.1, -0.05) is 50.0 Å². The molecule has 0 bridgehead atoms. The Morgan fingerprint density at radius 3 is 2.74 bits per heavy atom. The summed E-state index contributed by atoms with van der Waals surface area (Å²) in [6, 6.07) is 9.57. The van der Waals surface area contributed by atoms with Gasteiger partial charge >= 0.3 is 0 Å². The summed E-state index contributed by atoms with van der Waals surface area (Å²) in [4.78, 5) is 26.5. The molecular weight excluding hydrogens is 432 g/mol. The molecule has 182 valence electrons. The third-order valence-corrected chi connectivity index (χ3v) is 6.56. The van der Waals surface area contributed by atoms with Gasteiger partial charge in [-0.05, 0) is 42.5 Å². The Morgan fingerprint density at radius 1 is 1.21 bits per heavy atom. The first-order valence-electron chi connectivity index (χ1n) is 12.1. The molecule has 4 rings (SSSR count). The highest BCUT2D eigenvalue weighted by Gasteiger charge is 2.33. The highest BCUT2D eigenvalue weighted by Crippen LogP contribution is 2.26. The summed E-state index contributed by atoms with van der Waals surface area (Å²) in [5.41, 5.74) is 1.61. The van der Waals surface area contributed by atoms with Crippen molar-refractivity contribution in [1.82, 2.24) is 35.8 Å². The number of tetrazole rings is 1. The minimum atomic E-state index is -0.257. The summed E-state index contributed by atoms with van der Waals surface area (Å²) in [6.45, 7) is 4.76. The van der Waals surface area contributed by atoms with Gasteiger partial charge in [-0.2, -0.15) is 5.21 Å². The first-order valence-corrected chi connectivity index (χ1v) is 12.1. The fourth-order valence-electron chi connectivity index (χ4n) is 4.89. The largest absolute Gasteiger partial charge is 0.351 e. The lowest BCUT2D eigenvalue weighted by atomic mass is 9.83. The number of H-pyrrole nitrogens is 1. The van der Waals surface area contributed by atoms with Gasteiger partial charge in [0.25, 0.3) is 11.9 Å². The van der Waals surface area contributed by atoms with Gasteiger partial charge in [-0.25, -0.2) is 0 Å². The first kappa shape index (κ1) is 23.7. The second-order valence-electron chi connectivity index (χ2n) is 9.57. The summed E-state index contributed by atoms with van der Waals surface area (Å²) in [5, 5.41) is 24.3. The average molecular weight is 467 g/mol. The molecule has 34 heavy (non-hydrogen) atoms. The van der Waals surface area contributed by atoms with Crippen molar-refractivity contribution < 1.29 is 9.59 Å². The number of anilines is 1. The number of hydrogen-bond acceptors (Lipinski definition) is 6. The summed E-state index contributed by atoms with van der Waals surface area (Å²) in [5.74, 6) is 0.405. The maximum atomic E-state index is 13.3. The van der Waals surface area contributed by atoms with Gasteiger partial charge in [0.05, 0.1) is 5.92 Å². The molecule has 3 aromatic rings. The number of hydrogen-bond donors (Lipinski definition) is 4. The molecule has 0 saturated heterocycles. The van der Waals surface area contributed by atoms with E-state index in [-0.39, 0.29) is 29.8 Å². The van der Waals surface area contributed by atoms with Crippen molar-refractivity contribution >= 4 is 28.7 Å². The number of aromatic amines is 1. The number of amides is 2. The molecule has 0 unspecified atom stereocenters. The Labute approximate surface area is 199 Å². The van der Waals surface area contributed by atoms with Gasteiger partial charge in [0.2, 0.25) is 5.91 Å². The topological polar surface area (TPSA) is 130 Å². The number of carbonyl (C=O) groups is 2. The molecule has 10 heteroatoms. The van der Waals surface area contributed by atoms with E-state index in [2.05, 4.69) is 50.4 Å². The van der Waals surface area contributed by atoms with Crippen LogP contribution in [0.3, 0.4) is 0 Å². The number of nitrogens with one attached hydrogen (secondary N) is 4. The summed E-state index contributed by atoms with van der Waals surface area (Å²) >= 11 is 0. The molecule has 2 amide bonds. The third kappa shape index (κ3) is 5.55. The van der Waals surface area contributed by atoms with Crippen molar-refractivity contribution in [3.05, 3.63) is 36.0 Å². The van der Waals surface area contributed by atoms with Crippen LogP contribution in [0.2, 0.25) is 0 Å². The number of rotatable bonds is 9. The van der Waals surface area contributed by atoms with Gasteiger partial charge in [0, 0.05) is 36.6 Å². The minimum absolute atomic E-state index is 0.0115. The fourth-order valence-corrected chi connectivity index (χ4v) is 4.89. The molecule has 1 aromatic carbocycles. The predicted octanol–water partition coefficient (Wildman–Crippen LogP) is 2.62. The third-order valence-electron chi connectivity index (χ3n) is 6.56. The molecular formula is C24H34N8O2. The van der Waals surface area contributed by atoms with E-state index in [1.165, 1.54) is 0 Å². The van der Waals surface area contributed by atoms with E-state index in [1.54, 1.807) is 0 Å². The number of nitrogens with zero attached hydrogens (tertiary/aromatic N) is 4. The average Bonchev–Trinajstić information content (AvgIpc) is 3.45. The van der Waals surface area contributed by atoms with Gasteiger partial charge in [-0.15, -0.1) is 5.10 Å². The lowest BCUT2D eigenvalue weighted by molar-refractivity contribution is -0.127. The zero-order valence-electron chi connectivity index (χ0n) is 20.0. The maximum absolute atomic E-state index is 13.3. The van der Waals surface area contributed by atoms with Gasteiger partial charge in [-0.3, -0.25) is 9.59 Å². The van der Waals surface area contributed by atoms with Gasteiger partial charge in [0.15, 0.2) is 0 Å². The van der Waals surface area contributed by atoms with Crippen LogP contribution in [0.4, 0.5) is 5.95 Å².